The molecule has 0 fully saturated rings. The van der Waals surface area contributed by atoms with Crippen LogP contribution in [0.1, 0.15) is 9.11 Å². The van der Waals surface area contributed by atoms with Crippen molar-refractivity contribution in [2.24, 2.45) is 5.10 Å². The van der Waals surface area contributed by atoms with Gasteiger partial charge in [-0.15, -0.1) is 0 Å². The first-order chi connectivity index (χ1) is 5.85. The van der Waals surface area contributed by atoms with Gasteiger partial charge >= 0.3 is 5.97 Å². The molecule has 1 aliphatic heterocycles. The molecule has 5 nitrogen and oxygen atoms in total. The summed E-state index contributed by atoms with van der Waals surface area (Å²) < 4.78 is 21.1. The van der Waals surface area contributed by atoms with E-state index in [4.69, 9.17) is 9.26 Å². The van der Waals surface area contributed by atoms with Crippen LogP contribution in [0.25, 0.3) is 0 Å². The lowest BCUT2D eigenvalue weighted by Gasteiger charge is -2.07. The average Bonchev–Trinajstić information content (AvgIpc) is 1.96. The molecule has 0 unspecified atom stereocenters. The molecule has 0 saturated heterocycles. The minimum Gasteiger partial charge on any atom is -0.477 e. The molecule has 0 aromatic carbocycles. The van der Waals surface area contributed by atoms with Gasteiger partial charge in [0.05, 0.1) is 12.9 Å². The van der Waals surface area contributed by atoms with Crippen molar-refractivity contribution in [1.82, 2.24) is 5.42 Å². The van der Waals surface area contributed by atoms with E-state index in [2.05, 4.69) is 5.10 Å². The molecule has 0 aromatic heterocycles. The average molecular weight is 145 g/mol. The quantitative estimate of drug-likeness (QED) is 0.495. The number of ketones is 1. The zero-order valence-electron chi connectivity index (χ0n) is 7.87. The van der Waals surface area contributed by atoms with Crippen molar-refractivity contribution in [3.8, 4) is 0 Å². The number of aliphatic carboxylic acids is 1. The number of carbonyl (C=O) groups is 2. The van der Waals surface area contributed by atoms with Crippen molar-refractivity contribution in [2.45, 2.75) is 6.37 Å². The zero-order valence-corrected chi connectivity index (χ0v) is 4.87. The molecular formula is C5H6N2O3. The molecule has 54 valence electrons. The number of nitrogens with zero attached hydrogens (tertiary/aromatic N) is 1. The Hall–Kier alpha value is -1.39. The second-order valence-corrected chi connectivity index (χ2v) is 1.60. The highest BCUT2D eigenvalue weighted by Crippen LogP contribution is 1.93. The van der Waals surface area contributed by atoms with Crippen molar-refractivity contribution in [1.29, 1.82) is 0 Å². The third kappa shape index (κ3) is 1.31. The van der Waals surface area contributed by atoms with Crippen molar-refractivity contribution >= 4 is 17.5 Å². The number of carboxylic acid groups (broad SMARTS) is 1. The lowest BCUT2D eigenvalue weighted by Crippen LogP contribution is -2.31. The predicted molar refractivity (Wildman–Crippen MR) is 32.7 cm³/mol. The fourth-order valence-corrected chi connectivity index (χ4v) is 0.463. The third-order valence-electron chi connectivity index (χ3n) is 0.845. The van der Waals surface area contributed by atoms with Crippen LogP contribution in [-0.4, -0.2) is 29.1 Å². The second kappa shape index (κ2) is 2.47. The largest absolute Gasteiger partial charge is 0.477 e. The Kier molecular flexibility index (Phi) is 0.912. The van der Waals surface area contributed by atoms with E-state index >= 15 is 0 Å². The third-order valence-corrected chi connectivity index (χ3v) is 0.845. The minimum atomic E-state index is -2.59. The maximum atomic E-state index is 11.0. The van der Waals surface area contributed by atoms with Crippen LogP contribution < -0.4 is 5.42 Å². The molecule has 1 rings (SSSR count). The van der Waals surface area contributed by atoms with E-state index in [1.165, 1.54) is 0 Å². The highest BCUT2D eigenvalue weighted by Gasteiger charge is 2.17. The molecule has 1 heterocycles. The molecule has 5 heteroatoms. The van der Waals surface area contributed by atoms with Gasteiger partial charge in [0, 0.05) is 2.74 Å². The van der Waals surface area contributed by atoms with Gasteiger partial charge in [-0.3, -0.25) is 4.79 Å². The van der Waals surface area contributed by atoms with Gasteiger partial charge in [-0.05, 0) is 0 Å². The standard InChI is InChI=1S/C5H6N2O3/c8-3-1-4(5(9)10)7-6-2-3/h6H,1-2H2,(H,9,10)/i1D2/hD. The summed E-state index contributed by atoms with van der Waals surface area (Å²) in [7, 11) is 0. The number of rotatable bonds is 1. The molecule has 1 aliphatic rings. The van der Waals surface area contributed by atoms with Crippen molar-refractivity contribution in [3.05, 3.63) is 0 Å². The fraction of sp³-hybridized carbons (Fsp3) is 0.400. The van der Waals surface area contributed by atoms with Crippen LogP contribution in [0.3, 0.4) is 0 Å². The highest BCUT2D eigenvalue weighted by molar-refractivity contribution is 6.39. The first-order valence-corrected chi connectivity index (χ1v) is 2.48. The van der Waals surface area contributed by atoms with Gasteiger partial charge in [-0.1, -0.05) is 0 Å². The normalized spacial score (nSPS) is 28.0. The molecule has 0 saturated carbocycles. The zero-order chi connectivity index (χ0) is 10.2. The van der Waals surface area contributed by atoms with E-state index in [-0.39, 0.29) is 0 Å². The van der Waals surface area contributed by atoms with Crippen LogP contribution in [0.5, 0.6) is 0 Å². The van der Waals surface area contributed by atoms with E-state index in [9.17, 15) is 9.59 Å². The first-order valence-electron chi connectivity index (χ1n) is 3.92. The number of Topliss-reactive ketones (excluding diaryl/α,β-unsaturated/α-hetero) is 1. The molecule has 0 spiro atoms. The summed E-state index contributed by atoms with van der Waals surface area (Å²) in [5.41, 5.74) is -0.591. The molecule has 0 radical (unpaired) electrons. The maximum Gasteiger partial charge on any atom is 0.352 e. The first kappa shape index (κ1) is 3.70. The lowest BCUT2D eigenvalue weighted by molar-refractivity contribution is -0.130. The topological polar surface area (TPSA) is 78.8 Å². The van der Waals surface area contributed by atoms with E-state index in [0.29, 0.717) is 5.42 Å². The van der Waals surface area contributed by atoms with Crippen LogP contribution in [0, 0.1) is 0 Å². The summed E-state index contributed by atoms with van der Waals surface area (Å²) in [5.74, 6) is -2.61. The van der Waals surface area contributed by atoms with Gasteiger partial charge in [0.15, 0.2) is 12.9 Å². The number of hydrazone groups is 1. The van der Waals surface area contributed by atoms with E-state index < -0.39 is 30.4 Å². The van der Waals surface area contributed by atoms with Crippen molar-refractivity contribution in [3.63, 3.8) is 0 Å². The summed E-state index contributed by atoms with van der Waals surface area (Å²) >= 11 is 0. The number of carboxylic acids is 1. The Balaban J connectivity index is 3.14. The summed E-state index contributed by atoms with van der Waals surface area (Å²) in [5, 5.41) is 11.6. The molecule has 0 aromatic rings. The number of hydrogen-bond donors (Lipinski definition) is 2. The minimum absolute atomic E-state index is 0.354. The Bertz CT molecular complexity index is 301. The molecular weight excluding hydrogens is 136 g/mol. The summed E-state index contributed by atoms with van der Waals surface area (Å²) in [6, 6.07) is 0. The van der Waals surface area contributed by atoms with Crippen LogP contribution in [-0.2, 0) is 9.59 Å². The van der Waals surface area contributed by atoms with Crippen LogP contribution in [0.15, 0.2) is 5.10 Å². The molecule has 0 amide bonds. The van der Waals surface area contributed by atoms with Gasteiger partial charge in [0.25, 0.3) is 0 Å². The molecule has 0 atom stereocenters. The molecule has 10 heavy (non-hydrogen) atoms. The Morgan fingerprint density at radius 2 is 2.70 bits per heavy atom. The van der Waals surface area contributed by atoms with Gasteiger partial charge in [-0.25, -0.2) is 4.79 Å². The Morgan fingerprint density at radius 1 is 2.00 bits per heavy atom. The van der Waals surface area contributed by atoms with Crippen LogP contribution in [0.4, 0.5) is 0 Å². The highest BCUT2D eigenvalue weighted by atomic mass is 16.4. The van der Waals surface area contributed by atoms with E-state index in [1.807, 2.05) is 0 Å². The molecule has 0 bridgehead atoms. The van der Waals surface area contributed by atoms with Gasteiger partial charge in [0.1, 0.15) is 0 Å². The molecule has 0 aliphatic carbocycles. The second-order valence-electron chi connectivity index (χ2n) is 1.60. The lowest BCUT2D eigenvalue weighted by atomic mass is 10.2. The number of carbonyl (C=O) groups excluding carboxylic acids is 1. The van der Waals surface area contributed by atoms with Crippen LogP contribution in [0.2, 0.25) is 1.41 Å². The van der Waals surface area contributed by atoms with Crippen LogP contribution >= 0.6 is 0 Å². The maximum absolute atomic E-state index is 11.0. The van der Waals surface area contributed by atoms with Gasteiger partial charge in [0.2, 0.25) is 0 Å². The summed E-state index contributed by atoms with van der Waals surface area (Å²) in [4.78, 5) is 21.4. The van der Waals surface area contributed by atoms with Crippen molar-refractivity contribution in [2.75, 3.05) is 6.54 Å². The number of hydrogen-bond acceptors (Lipinski definition) is 4. The Morgan fingerprint density at radius 3 is 3.30 bits per heavy atom. The number of nitrogens with one attached hydrogen (secondary N) is 1. The SMILES string of the molecule is [2H]N1CC(=O)C([2H])([2H])C(C(=O)O)=N1. The summed E-state index contributed by atoms with van der Waals surface area (Å²) in [6.45, 7) is -0.538. The van der Waals surface area contributed by atoms with Gasteiger partial charge < -0.3 is 10.5 Å². The molecule has 2 N–H and O–H groups in total. The fourth-order valence-electron chi connectivity index (χ4n) is 0.463. The predicted octanol–water partition coefficient (Wildman–Crippen LogP) is -1.01. The summed E-state index contributed by atoms with van der Waals surface area (Å²) in [6.07, 6.45) is -2.59. The van der Waals surface area contributed by atoms with Gasteiger partial charge in [-0.2, -0.15) is 5.10 Å². The smallest absolute Gasteiger partial charge is 0.352 e. The monoisotopic (exact) mass is 145 g/mol. The van der Waals surface area contributed by atoms with Crippen molar-refractivity contribution < 1.29 is 18.8 Å². The Labute approximate surface area is 61.0 Å². The van der Waals surface area contributed by atoms with E-state index in [0.717, 1.165) is 0 Å². The van der Waals surface area contributed by atoms with E-state index in [1.54, 1.807) is 0 Å².